The van der Waals surface area contributed by atoms with Gasteiger partial charge in [-0.2, -0.15) is 0 Å². The lowest BCUT2D eigenvalue weighted by atomic mass is 10.2. The average Bonchev–Trinajstić information content (AvgIpc) is 2.77. The Morgan fingerprint density at radius 1 is 0.970 bits per heavy atom. The molecule has 0 saturated heterocycles. The fourth-order valence-electron chi connectivity index (χ4n) is 3.04. The maximum Gasteiger partial charge on any atom is 0.339 e. The minimum absolute atomic E-state index is 0.00745. The molecule has 33 heavy (non-hydrogen) atoms. The zero-order chi connectivity index (χ0) is 24.2. The lowest BCUT2D eigenvalue weighted by molar-refractivity contribution is -0.114. The van der Waals surface area contributed by atoms with Gasteiger partial charge in [-0.15, -0.1) is 0 Å². The number of amides is 1. The first-order valence-electron chi connectivity index (χ1n) is 9.64. The monoisotopic (exact) mass is 506 g/mol. The number of halogens is 2. The van der Waals surface area contributed by atoms with Crippen LogP contribution < -0.4 is 9.62 Å². The first-order chi connectivity index (χ1) is 15.6. The summed E-state index contributed by atoms with van der Waals surface area (Å²) in [6, 6.07) is 16.7. The number of nitrogens with zero attached hydrogens (tertiary/aromatic N) is 1. The second-order valence-corrected chi connectivity index (χ2v) is 9.77. The Bertz CT molecular complexity index is 1270. The molecule has 10 heteroatoms. The molecule has 0 unspecified atom stereocenters. The average molecular weight is 507 g/mol. The molecule has 0 aromatic heterocycles. The molecule has 7 nitrogen and oxygen atoms in total. The van der Waals surface area contributed by atoms with Crippen molar-refractivity contribution in [2.24, 2.45) is 0 Å². The zero-order valence-electron chi connectivity index (χ0n) is 17.7. The molecular formula is C23H20Cl2N2O5S. The minimum Gasteiger partial charge on any atom is -0.465 e. The maximum absolute atomic E-state index is 13.5. The summed E-state index contributed by atoms with van der Waals surface area (Å²) in [4.78, 5) is 24.9. The Balaban J connectivity index is 2.00. The van der Waals surface area contributed by atoms with E-state index in [4.69, 9.17) is 27.9 Å². The van der Waals surface area contributed by atoms with Crippen LogP contribution in [0.3, 0.4) is 0 Å². The fraction of sp³-hybridized carbons (Fsp3) is 0.130. The number of aryl methyl sites for hydroxylation is 1. The van der Waals surface area contributed by atoms with Gasteiger partial charge in [0.1, 0.15) is 6.54 Å². The lowest BCUT2D eigenvalue weighted by Crippen LogP contribution is -2.38. The normalized spacial score (nSPS) is 11.0. The highest BCUT2D eigenvalue weighted by Crippen LogP contribution is 2.30. The summed E-state index contributed by atoms with van der Waals surface area (Å²) >= 11 is 12.2. The minimum atomic E-state index is -4.16. The molecule has 172 valence electrons. The van der Waals surface area contributed by atoms with Crippen LogP contribution in [0.25, 0.3) is 0 Å². The van der Waals surface area contributed by atoms with Crippen molar-refractivity contribution in [3.8, 4) is 0 Å². The van der Waals surface area contributed by atoms with Gasteiger partial charge >= 0.3 is 5.97 Å². The highest BCUT2D eigenvalue weighted by atomic mass is 35.5. The van der Waals surface area contributed by atoms with Crippen LogP contribution in [0.1, 0.15) is 15.9 Å². The molecule has 0 aliphatic rings. The fourth-order valence-corrected chi connectivity index (χ4v) is 4.96. The van der Waals surface area contributed by atoms with Crippen molar-refractivity contribution in [3.63, 3.8) is 0 Å². The van der Waals surface area contributed by atoms with E-state index in [9.17, 15) is 18.0 Å². The molecule has 0 spiro atoms. The predicted molar refractivity (Wildman–Crippen MR) is 129 cm³/mol. The number of benzene rings is 3. The topological polar surface area (TPSA) is 92.8 Å². The van der Waals surface area contributed by atoms with Crippen molar-refractivity contribution in [2.75, 3.05) is 23.3 Å². The molecule has 3 aromatic carbocycles. The third-order valence-corrected chi connectivity index (χ3v) is 6.86. The number of carbonyl (C=O) groups is 2. The number of rotatable bonds is 7. The molecule has 0 heterocycles. The van der Waals surface area contributed by atoms with Gasteiger partial charge in [0.2, 0.25) is 5.91 Å². The van der Waals surface area contributed by atoms with Crippen molar-refractivity contribution in [1.29, 1.82) is 0 Å². The van der Waals surface area contributed by atoms with Crippen molar-refractivity contribution in [3.05, 3.63) is 87.9 Å². The molecule has 0 atom stereocenters. The molecule has 3 rings (SSSR count). The number of nitrogens with one attached hydrogen (secondary N) is 1. The van der Waals surface area contributed by atoms with E-state index in [-0.39, 0.29) is 31.9 Å². The van der Waals surface area contributed by atoms with Crippen molar-refractivity contribution >= 4 is 56.5 Å². The van der Waals surface area contributed by atoms with Crippen molar-refractivity contribution in [2.45, 2.75) is 11.8 Å². The maximum atomic E-state index is 13.5. The van der Waals surface area contributed by atoms with Crippen LogP contribution >= 0.6 is 23.2 Å². The summed E-state index contributed by atoms with van der Waals surface area (Å²) < 4.78 is 32.6. The van der Waals surface area contributed by atoms with Crippen LogP contribution in [0.5, 0.6) is 0 Å². The molecule has 0 bridgehead atoms. The number of carbonyl (C=O) groups excluding carboxylic acids is 2. The molecule has 1 amide bonds. The van der Waals surface area contributed by atoms with E-state index in [1.54, 1.807) is 24.3 Å². The van der Waals surface area contributed by atoms with E-state index in [0.717, 1.165) is 9.87 Å². The van der Waals surface area contributed by atoms with Gasteiger partial charge in [-0.25, -0.2) is 13.2 Å². The molecule has 0 saturated carbocycles. The smallest absolute Gasteiger partial charge is 0.339 e. The molecule has 3 aromatic rings. The third kappa shape index (κ3) is 5.84. The van der Waals surface area contributed by atoms with E-state index >= 15 is 0 Å². The van der Waals surface area contributed by atoms with Gasteiger partial charge in [-0.3, -0.25) is 9.10 Å². The third-order valence-electron chi connectivity index (χ3n) is 4.64. The number of methoxy groups -OCH3 is 1. The molecule has 0 fully saturated rings. The second kappa shape index (κ2) is 10.2. The summed E-state index contributed by atoms with van der Waals surface area (Å²) in [5.74, 6) is -1.32. The van der Waals surface area contributed by atoms with E-state index in [0.29, 0.717) is 0 Å². The van der Waals surface area contributed by atoms with Crippen LogP contribution in [0.2, 0.25) is 10.0 Å². The number of sulfonamides is 1. The summed E-state index contributed by atoms with van der Waals surface area (Å²) in [5, 5.41) is 2.99. The van der Waals surface area contributed by atoms with Gasteiger partial charge in [-0.05, 0) is 49.4 Å². The van der Waals surface area contributed by atoms with Gasteiger partial charge in [-0.1, -0.05) is 53.0 Å². The number of ether oxygens (including phenoxy) is 1. The molecule has 0 aliphatic heterocycles. The van der Waals surface area contributed by atoms with Crippen LogP contribution in [0.4, 0.5) is 11.4 Å². The quantitative estimate of drug-likeness (QED) is 0.459. The van der Waals surface area contributed by atoms with Crippen molar-refractivity contribution in [1.82, 2.24) is 0 Å². The Morgan fingerprint density at radius 2 is 1.58 bits per heavy atom. The van der Waals surface area contributed by atoms with E-state index in [2.05, 4.69) is 5.32 Å². The Kier molecular flexibility index (Phi) is 7.63. The second-order valence-electron chi connectivity index (χ2n) is 7.04. The summed E-state index contributed by atoms with van der Waals surface area (Å²) in [7, 11) is -2.94. The zero-order valence-corrected chi connectivity index (χ0v) is 20.0. The highest BCUT2D eigenvalue weighted by molar-refractivity contribution is 7.92. The van der Waals surface area contributed by atoms with Gasteiger partial charge in [0.15, 0.2) is 0 Å². The summed E-state index contributed by atoms with van der Waals surface area (Å²) in [6.45, 7) is 1.24. The number of esters is 1. The van der Waals surface area contributed by atoms with Gasteiger partial charge < -0.3 is 10.1 Å². The van der Waals surface area contributed by atoms with E-state index in [1.165, 1.54) is 49.6 Å². The molecule has 0 radical (unpaired) electrons. The molecular weight excluding hydrogens is 487 g/mol. The first kappa shape index (κ1) is 24.6. The standard InChI is InChI=1S/C23H20Cl2N2O5S/c1-15-7-9-19(10-8-15)33(30,31)27(18-12-16(24)11-17(25)13-18)14-22(28)26-21-6-4-3-5-20(21)23(29)32-2/h3-13H,14H2,1-2H3,(H,26,28). The molecule has 1 N–H and O–H groups in total. The number of anilines is 2. The van der Waals surface area contributed by atoms with Crippen LogP contribution in [0, 0.1) is 6.92 Å². The van der Waals surface area contributed by atoms with Crippen LogP contribution in [-0.4, -0.2) is 33.9 Å². The Morgan fingerprint density at radius 3 is 2.18 bits per heavy atom. The van der Waals surface area contributed by atoms with Crippen LogP contribution in [0.15, 0.2) is 71.6 Å². The predicted octanol–water partition coefficient (Wildman–Crippen LogP) is 4.92. The largest absolute Gasteiger partial charge is 0.465 e. The lowest BCUT2D eigenvalue weighted by Gasteiger charge is -2.25. The summed E-state index contributed by atoms with van der Waals surface area (Å²) in [6.07, 6.45) is 0. The first-order valence-corrected chi connectivity index (χ1v) is 11.8. The highest BCUT2D eigenvalue weighted by Gasteiger charge is 2.28. The SMILES string of the molecule is COC(=O)c1ccccc1NC(=O)CN(c1cc(Cl)cc(Cl)c1)S(=O)(=O)c1ccc(C)cc1. The van der Waals surface area contributed by atoms with Crippen molar-refractivity contribution < 1.29 is 22.7 Å². The Labute approximate surface area is 201 Å². The van der Waals surface area contributed by atoms with Crippen LogP contribution in [-0.2, 0) is 19.6 Å². The Hall–Kier alpha value is -3.07. The number of para-hydroxylation sites is 1. The van der Waals surface area contributed by atoms with Gasteiger partial charge in [0.25, 0.3) is 10.0 Å². The molecule has 0 aliphatic carbocycles. The van der Waals surface area contributed by atoms with Gasteiger partial charge in [0, 0.05) is 10.0 Å². The number of hydrogen-bond acceptors (Lipinski definition) is 5. The van der Waals surface area contributed by atoms with E-state index in [1.807, 2.05) is 6.92 Å². The van der Waals surface area contributed by atoms with Gasteiger partial charge in [0.05, 0.1) is 28.9 Å². The summed E-state index contributed by atoms with van der Waals surface area (Å²) in [5.41, 5.74) is 1.31. The number of hydrogen-bond donors (Lipinski definition) is 1. The van der Waals surface area contributed by atoms with E-state index < -0.39 is 28.4 Å².